The third-order valence-electron chi connectivity index (χ3n) is 2.50. The minimum atomic E-state index is -3.98. The average molecular weight is 307 g/mol. The van der Waals surface area contributed by atoms with Crippen molar-refractivity contribution in [2.45, 2.75) is 12.2 Å². The van der Waals surface area contributed by atoms with Crippen LogP contribution in [0.3, 0.4) is 0 Å². The minimum absolute atomic E-state index is 0.226. The molecule has 19 heavy (non-hydrogen) atoms. The molecule has 106 valence electrons. The van der Waals surface area contributed by atoms with Crippen molar-refractivity contribution in [2.24, 2.45) is 0 Å². The highest BCUT2D eigenvalue weighted by Gasteiger charge is 2.27. The molecule has 0 aliphatic heterocycles. The van der Waals surface area contributed by atoms with E-state index in [4.69, 9.17) is 16.7 Å². The molecule has 1 unspecified atom stereocenters. The number of sulfonamides is 1. The Bertz CT molecular complexity index is 586. The number of hydrogen-bond acceptors (Lipinski definition) is 4. The number of nitrogens with zero attached hydrogens (tertiary/aromatic N) is 1. The number of carboxylic acids is 1. The number of nitrogens with one attached hydrogen (secondary N) is 1. The van der Waals surface area contributed by atoms with Crippen molar-refractivity contribution in [1.82, 2.24) is 0 Å². The van der Waals surface area contributed by atoms with Crippen molar-refractivity contribution in [3.63, 3.8) is 0 Å². The summed E-state index contributed by atoms with van der Waals surface area (Å²) in [5, 5.41) is 7.54. The van der Waals surface area contributed by atoms with Crippen LogP contribution < -0.4 is 9.62 Å². The first kappa shape index (κ1) is 15.6. The van der Waals surface area contributed by atoms with Crippen LogP contribution in [0.2, 0.25) is 5.02 Å². The summed E-state index contributed by atoms with van der Waals surface area (Å²) in [5.74, 6) is -1.41. The molecule has 0 radical (unpaired) electrons. The molecule has 0 saturated heterocycles. The molecule has 1 aromatic carbocycles. The maximum absolute atomic E-state index is 11.7. The molecule has 0 spiro atoms. The highest BCUT2D eigenvalue weighted by molar-refractivity contribution is 7.94. The van der Waals surface area contributed by atoms with Crippen LogP contribution in [0.4, 0.5) is 11.4 Å². The van der Waals surface area contributed by atoms with Gasteiger partial charge in [-0.25, -0.2) is 8.42 Å². The molecule has 6 nitrogen and oxygen atoms in total. The number of halogens is 1. The second kappa shape index (κ2) is 5.66. The van der Waals surface area contributed by atoms with Gasteiger partial charge in [0.2, 0.25) is 10.0 Å². The lowest BCUT2D eigenvalue weighted by Crippen LogP contribution is -2.32. The molecule has 0 fully saturated rings. The molecule has 0 amide bonds. The quantitative estimate of drug-likeness (QED) is 0.863. The fraction of sp³-hybridized carbons (Fsp3) is 0.364. The first-order valence-electron chi connectivity index (χ1n) is 5.36. The maximum Gasteiger partial charge on any atom is 0.323 e. The molecule has 1 atom stereocenters. The van der Waals surface area contributed by atoms with Crippen molar-refractivity contribution < 1.29 is 18.3 Å². The number of aliphatic carboxylic acids is 1. The van der Waals surface area contributed by atoms with Crippen molar-refractivity contribution >= 4 is 39.0 Å². The first-order valence-corrected chi connectivity index (χ1v) is 7.29. The molecule has 0 bridgehead atoms. The molecule has 1 rings (SSSR count). The van der Waals surface area contributed by atoms with Gasteiger partial charge in [0.25, 0.3) is 0 Å². The Balaban J connectivity index is 3.02. The van der Waals surface area contributed by atoms with Crippen molar-refractivity contribution in [3.05, 3.63) is 23.2 Å². The second-order valence-electron chi connectivity index (χ2n) is 4.19. The Hall–Kier alpha value is -1.47. The zero-order chi connectivity index (χ0) is 14.8. The predicted octanol–water partition coefficient (Wildman–Crippen LogP) is 1.62. The third-order valence-corrected chi connectivity index (χ3v) is 4.46. The van der Waals surface area contributed by atoms with Gasteiger partial charge in [0.05, 0.1) is 16.4 Å². The number of benzene rings is 1. The van der Waals surface area contributed by atoms with Crippen LogP contribution in [0.15, 0.2) is 18.2 Å². The Kier molecular flexibility index (Phi) is 4.65. The van der Waals surface area contributed by atoms with Crippen molar-refractivity contribution in [2.75, 3.05) is 23.7 Å². The number of rotatable bonds is 5. The minimum Gasteiger partial charge on any atom is -0.480 e. The number of carboxylic acid groups (broad SMARTS) is 1. The summed E-state index contributed by atoms with van der Waals surface area (Å²) in [6.07, 6.45) is 0. The van der Waals surface area contributed by atoms with Gasteiger partial charge in [-0.15, -0.1) is 0 Å². The molecule has 0 aliphatic carbocycles. The maximum atomic E-state index is 11.7. The van der Waals surface area contributed by atoms with Gasteiger partial charge in [0.1, 0.15) is 0 Å². The molecular weight excluding hydrogens is 292 g/mol. The summed E-state index contributed by atoms with van der Waals surface area (Å²) in [6, 6.07) is 4.60. The van der Waals surface area contributed by atoms with Gasteiger partial charge in [-0.05, 0) is 25.1 Å². The Labute approximate surface area is 117 Å². The number of anilines is 2. The highest BCUT2D eigenvalue weighted by Crippen LogP contribution is 2.28. The monoisotopic (exact) mass is 306 g/mol. The molecule has 8 heteroatoms. The van der Waals surface area contributed by atoms with Crippen LogP contribution in [0.5, 0.6) is 0 Å². The highest BCUT2D eigenvalue weighted by atomic mass is 35.5. The number of hydrogen-bond donors (Lipinski definition) is 2. The van der Waals surface area contributed by atoms with Gasteiger partial charge in [-0.2, -0.15) is 0 Å². The van der Waals surface area contributed by atoms with Gasteiger partial charge < -0.3 is 10.0 Å². The normalized spacial score (nSPS) is 12.8. The Morgan fingerprint density at radius 3 is 2.42 bits per heavy atom. The zero-order valence-electron chi connectivity index (χ0n) is 10.7. The summed E-state index contributed by atoms with van der Waals surface area (Å²) in [7, 11) is -0.378. The largest absolute Gasteiger partial charge is 0.480 e. The van der Waals surface area contributed by atoms with Crippen LogP contribution in [0.25, 0.3) is 0 Å². The van der Waals surface area contributed by atoms with Gasteiger partial charge in [0, 0.05) is 14.1 Å². The molecule has 0 heterocycles. The third kappa shape index (κ3) is 3.74. The van der Waals surface area contributed by atoms with E-state index >= 15 is 0 Å². The van der Waals surface area contributed by atoms with E-state index in [2.05, 4.69) is 4.72 Å². The molecule has 0 saturated carbocycles. The molecular formula is C11H15ClN2O4S. The Morgan fingerprint density at radius 2 is 2.00 bits per heavy atom. The molecule has 0 aliphatic rings. The summed E-state index contributed by atoms with van der Waals surface area (Å²) >= 11 is 6.00. The van der Waals surface area contributed by atoms with E-state index in [1.54, 1.807) is 25.1 Å². The lowest BCUT2D eigenvalue weighted by atomic mass is 10.3. The second-order valence-corrected chi connectivity index (χ2v) is 6.60. The zero-order valence-corrected chi connectivity index (χ0v) is 12.3. The fourth-order valence-corrected chi connectivity index (χ4v) is 2.57. The van der Waals surface area contributed by atoms with Crippen molar-refractivity contribution in [1.29, 1.82) is 0 Å². The smallest absolute Gasteiger partial charge is 0.323 e. The fourth-order valence-electron chi connectivity index (χ4n) is 1.32. The van der Waals surface area contributed by atoms with E-state index in [-0.39, 0.29) is 5.69 Å². The first-order chi connectivity index (χ1) is 8.65. The van der Waals surface area contributed by atoms with Crippen LogP contribution in [0, 0.1) is 0 Å². The van der Waals surface area contributed by atoms with Crippen LogP contribution in [-0.4, -0.2) is 38.8 Å². The summed E-state index contributed by atoms with van der Waals surface area (Å²) in [6.45, 7) is 1.10. The predicted molar refractivity (Wildman–Crippen MR) is 75.4 cm³/mol. The summed E-state index contributed by atoms with van der Waals surface area (Å²) < 4.78 is 25.6. The van der Waals surface area contributed by atoms with E-state index in [1.807, 2.05) is 0 Å². The van der Waals surface area contributed by atoms with Gasteiger partial charge in [-0.1, -0.05) is 11.6 Å². The lowest BCUT2D eigenvalue weighted by molar-refractivity contribution is -0.136. The van der Waals surface area contributed by atoms with Gasteiger partial charge >= 0.3 is 5.97 Å². The molecule has 2 N–H and O–H groups in total. The van der Waals surface area contributed by atoms with E-state index in [1.165, 1.54) is 12.1 Å². The van der Waals surface area contributed by atoms with Crippen LogP contribution in [-0.2, 0) is 14.8 Å². The standard InChI is InChI=1S/C11H15ClN2O4S/c1-7(11(15)16)19(17,18)13-8-4-5-10(14(2)3)9(12)6-8/h4-7,13H,1-3H3,(H,15,16). The van der Waals surface area contributed by atoms with E-state index in [9.17, 15) is 13.2 Å². The van der Waals surface area contributed by atoms with Gasteiger partial charge in [-0.3, -0.25) is 9.52 Å². The van der Waals surface area contributed by atoms with E-state index in [0.717, 1.165) is 12.6 Å². The average Bonchev–Trinajstić information content (AvgIpc) is 2.26. The van der Waals surface area contributed by atoms with E-state index < -0.39 is 21.2 Å². The van der Waals surface area contributed by atoms with Crippen molar-refractivity contribution in [3.8, 4) is 0 Å². The SMILES string of the molecule is CC(C(=O)O)S(=O)(=O)Nc1ccc(N(C)C)c(Cl)c1. The van der Waals surface area contributed by atoms with Crippen LogP contribution >= 0.6 is 11.6 Å². The Morgan fingerprint density at radius 1 is 1.42 bits per heavy atom. The number of carbonyl (C=O) groups is 1. The topological polar surface area (TPSA) is 86.7 Å². The summed E-state index contributed by atoms with van der Waals surface area (Å²) in [4.78, 5) is 12.5. The lowest BCUT2D eigenvalue weighted by Gasteiger charge is -2.16. The molecule has 1 aromatic rings. The van der Waals surface area contributed by atoms with Gasteiger partial charge in [0.15, 0.2) is 5.25 Å². The van der Waals surface area contributed by atoms with E-state index in [0.29, 0.717) is 5.02 Å². The molecule has 0 aromatic heterocycles. The van der Waals surface area contributed by atoms with Crippen LogP contribution in [0.1, 0.15) is 6.92 Å². The summed E-state index contributed by atoms with van der Waals surface area (Å²) in [5.41, 5.74) is 0.958.